The van der Waals surface area contributed by atoms with E-state index in [1.807, 2.05) is 12.1 Å². The largest absolute Gasteiger partial charge is 0.494 e. The molecule has 0 spiro atoms. The second-order valence-electron chi connectivity index (χ2n) is 11.3. The molecule has 0 aliphatic carbocycles. The Labute approximate surface area is 228 Å². The first-order valence-electron chi connectivity index (χ1n) is 13.4. The monoisotopic (exact) mass is 508 g/mol. The standard InChI is InChI=1S/C34H29BN2O2/c1-33(2)34(3,4)39-35(38-33)25-19-18-22-16-17-23(20-24(22)21-25)29-14-9-15-31(36-29)32-28-12-6-5-10-26(28)27-11-7-8-13-30(27)37-32/h5-21H,1-4H3. The van der Waals surface area contributed by atoms with E-state index in [-0.39, 0.29) is 11.2 Å². The van der Waals surface area contributed by atoms with Gasteiger partial charge in [0.2, 0.25) is 0 Å². The van der Waals surface area contributed by atoms with Crippen LogP contribution >= 0.6 is 0 Å². The molecule has 0 bridgehead atoms. The molecule has 3 heterocycles. The molecule has 0 N–H and O–H groups in total. The van der Waals surface area contributed by atoms with E-state index in [4.69, 9.17) is 19.3 Å². The van der Waals surface area contributed by atoms with Gasteiger partial charge in [0, 0.05) is 16.3 Å². The highest BCUT2D eigenvalue weighted by atomic mass is 16.7. The summed E-state index contributed by atoms with van der Waals surface area (Å²) in [6.07, 6.45) is 0. The first-order valence-corrected chi connectivity index (χ1v) is 13.4. The molecule has 5 heteroatoms. The molecule has 1 fully saturated rings. The lowest BCUT2D eigenvalue weighted by Crippen LogP contribution is -2.41. The van der Waals surface area contributed by atoms with Gasteiger partial charge in [-0.25, -0.2) is 9.97 Å². The molecule has 1 saturated heterocycles. The van der Waals surface area contributed by atoms with Crippen LogP contribution in [0.2, 0.25) is 0 Å². The van der Waals surface area contributed by atoms with Crippen molar-refractivity contribution < 1.29 is 9.31 Å². The fraction of sp³-hybridized carbons (Fsp3) is 0.176. The lowest BCUT2D eigenvalue weighted by atomic mass is 9.78. The highest BCUT2D eigenvalue weighted by Gasteiger charge is 2.51. The van der Waals surface area contributed by atoms with Gasteiger partial charge in [0.15, 0.2) is 0 Å². The maximum absolute atomic E-state index is 6.30. The van der Waals surface area contributed by atoms with Crippen LogP contribution in [0.25, 0.3) is 55.1 Å². The Balaban J connectivity index is 1.30. The topological polar surface area (TPSA) is 44.2 Å². The summed E-state index contributed by atoms with van der Waals surface area (Å²) >= 11 is 0. The number of benzene rings is 4. The molecule has 7 rings (SSSR count). The number of fused-ring (bicyclic) bond motifs is 4. The SMILES string of the molecule is CC1(C)OB(c2ccc3ccc(-c4cccc(-c5nc6ccccc6c6ccccc56)n4)cc3c2)OC1(C)C. The van der Waals surface area contributed by atoms with Crippen molar-refractivity contribution in [1.82, 2.24) is 9.97 Å². The smallest absolute Gasteiger partial charge is 0.399 e. The predicted molar refractivity (Wildman–Crippen MR) is 161 cm³/mol. The average molecular weight is 508 g/mol. The first kappa shape index (κ1) is 24.0. The van der Waals surface area contributed by atoms with Crippen molar-refractivity contribution in [2.45, 2.75) is 38.9 Å². The summed E-state index contributed by atoms with van der Waals surface area (Å²) in [6.45, 7) is 8.33. The zero-order chi connectivity index (χ0) is 26.8. The normalized spacial score (nSPS) is 16.4. The minimum Gasteiger partial charge on any atom is -0.399 e. The number of aromatic nitrogens is 2. The van der Waals surface area contributed by atoms with Crippen LogP contribution in [0.15, 0.2) is 103 Å². The van der Waals surface area contributed by atoms with E-state index in [0.717, 1.165) is 55.2 Å². The fourth-order valence-electron chi connectivity index (χ4n) is 5.38. The van der Waals surface area contributed by atoms with Gasteiger partial charge in [-0.05, 0) is 73.6 Å². The van der Waals surface area contributed by atoms with Gasteiger partial charge in [0.05, 0.1) is 33.8 Å². The van der Waals surface area contributed by atoms with E-state index >= 15 is 0 Å². The summed E-state index contributed by atoms with van der Waals surface area (Å²) in [6, 6.07) is 35.8. The van der Waals surface area contributed by atoms with Gasteiger partial charge in [-0.2, -0.15) is 0 Å². The van der Waals surface area contributed by atoms with Crippen LogP contribution in [0.4, 0.5) is 0 Å². The van der Waals surface area contributed by atoms with Gasteiger partial charge >= 0.3 is 7.12 Å². The maximum atomic E-state index is 6.30. The van der Waals surface area contributed by atoms with Gasteiger partial charge in [-0.1, -0.05) is 78.9 Å². The molecule has 6 aromatic rings. The number of pyridine rings is 2. The van der Waals surface area contributed by atoms with Crippen molar-refractivity contribution in [1.29, 1.82) is 0 Å². The fourth-order valence-corrected chi connectivity index (χ4v) is 5.38. The van der Waals surface area contributed by atoms with Gasteiger partial charge in [0.25, 0.3) is 0 Å². The van der Waals surface area contributed by atoms with E-state index < -0.39 is 7.12 Å². The summed E-state index contributed by atoms with van der Waals surface area (Å²) in [7, 11) is -0.392. The van der Waals surface area contributed by atoms with Crippen LogP contribution in [-0.4, -0.2) is 28.3 Å². The third kappa shape index (κ3) is 4.01. The average Bonchev–Trinajstić information content (AvgIpc) is 3.18. The summed E-state index contributed by atoms with van der Waals surface area (Å²) < 4.78 is 12.6. The second kappa shape index (κ2) is 8.73. The van der Waals surface area contributed by atoms with E-state index in [2.05, 4.69) is 119 Å². The van der Waals surface area contributed by atoms with Crippen LogP contribution in [0.1, 0.15) is 27.7 Å². The Morgan fingerprint density at radius 1 is 0.564 bits per heavy atom. The van der Waals surface area contributed by atoms with Crippen molar-refractivity contribution in [3.05, 3.63) is 103 Å². The number of rotatable bonds is 3. The van der Waals surface area contributed by atoms with E-state index in [1.165, 1.54) is 5.39 Å². The van der Waals surface area contributed by atoms with Crippen LogP contribution in [-0.2, 0) is 9.31 Å². The molecule has 4 nitrogen and oxygen atoms in total. The molecule has 190 valence electrons. The molecule has 0 atom stereocenters. The quantitative estimate of drug-likeness (QED) is 0.183. The Kier molecular flexibility index (Phi) is 5.38. The van der Waals surface area contributed by atoms with Gasteiger partial charge < -0.3 is 9.31 Å². The number of hydrogen-bond acceptors (Lipinski definition) is 4. The van der Waals surface area contributed by atoms with Crippen LogP contribution in [0.5, 0.6) is 0 Å². The minimum absolute atomic E-state index is 0.375. The summed E-state index contributed by atoms with van der Waals surface area (Å²) in [5.41, 5.74) is 4.97. The lowest BCUT2D eigenvalue weighted by molar-refractivity contribution is 0.00578. The van der Waals surface area contributed by atoms with Crippen LogP contribution in [0.3, 0.4) is 0 Å². The van der Waals surface area contributed by atoms with E-state index in [1.54, 1.807) is 0 Å². The van der Waals surface area contributed by atoms with Crippen molar-refractivity contribution in [2.75, 3.05) is 0 Å². The molecule has 1 aliphatic heterocycles. The van der Waals surface area contributed by atoms with Crippen LogP contribution in [0, 0.1) is 0 Å². The van der Waals surface area contributed by atoms with Gasteiger partial charge in [-0.15, -0.1) is 0 Å². The molecule has 1 aliphatic rings. The molecule has 2 aromatic heterocycles. The molecule has 0 saturated carbocycles. The summed E-state index contributed by atoms with van der Waals surface area (Å²) in [4.78, 5) is 10.2. The Morgan fingerprint density at radius 3 is 2.03 bits per heavy atom. The minimum atomic E-state index is -0.392. The zero-order valence-corrected chi connectivity index (χ0v) is 22.6. The Bertz CT molecular complexity index is 1880. The Hall–Kier alpha value is -4.06. The molecule has 4 aromatic carbocycles. The van der Waals surface area contributed by atoms with Crippen molar-refractivity contribution in [2.24, 2.45) is 0 Å². The highest BCUT2D eigenvalue weighted by Crippen LogP contribution is 2.37. The van der Waals surface area contributed by atoms with Crippen LogP contribution < -0.4 is 5.46 Å². The molecular formula is C34H29BN2O2. The van der Waals surface area contributed by atoms with Crippen molar-refractivity contribution in [3.63, 3.8) is 0 Å². The number of para-hydroxylation sites is 1. The molecule has 0 amide bonds. The van der Waals surface area contributed by atoms with Crippen molar-refractivity contribution >= 4 is 45.0 Å². The Morgan fingerprint density at radius 2 is 1.23 bits per heavy atom. The molecule has 39 heavy (non-hydrogen) atoms. The van der Waals surface area contributed by atoms with Gasteiger partial charge in [0.1, 0.15) is 0 Å². The first-order chi connectivity index (χ1) is 18.8. The molecule has 0 radical (unpaired) electrons. The third-order valence-corrected chi connectivity index (χ3v) is 8.29. The summed E-state index contributed by atoms with van der Waals surface area (Å²) in [5.74, 6) is 0. The third-order valence-electron chi connectivity index (χ3n) is 8.29. The summed E-state index contributed by atoms with van der Waals surface area (Å²) in [5, 5.41) is 5.73. The number of hydrogen-bond donors (Lipinski definition) is 0. The van der Waals surface area contributed by atoms with E-state index in [9.17, 15) is 0 Å². The van der Waals surface area contributed by atoms with Gasteiger partial charge in [-0.3, -0.25) is 0 Å². The number of nitrogens with zero attached hydrogens (tertiary/aromatic N) is 2. The maximum Gasteiger partial charge on any atom is 0.494 e. The predicted octanol–water partition coefficient (Wildman–Crippen LogP) is 7.57. The molecular weight excluding hydrogens is 479 g/mol. The molecule has 0 unspecified atom stereocenters. The zero-order valence-electron chi connectivity index (χ0n) is 22.6. The van der Waals surface area contributed by atoms with E-state index in [0.29, 0.717) is 0 Å². The highest BCUT2D eigenvalue weighted by molar-refractivity contribution is 6.62. The van der Waals surface area contributed by atoms with Crippen molar-refractivity contribution in [3.8, 4) is 22.6 Å². The second-order valence-corrected chi connectivity index (χ2v) is 11.3. The lowest BCUT2D eigenvalue weighted by Gasteiger charge is -2.32.